The van der Waals surface area contributed by atoms with Gasteiger partial charge >= 0.3 is 0 Å². The summed E-state index contributed by atoms with van der Waals surface area (Å²) in [6.45, 7) is 4.21. The second-order valence-corrected chi connectivity index (χ2v) is 3.58. The molecule has 1 nitrogen and oxygen atoms in total. The minimum Gasteiger partial charge on any atom is -0.294 e. The first-order valence-corrected chi connectivity index (χ1v) is 3.70. The summed E-state index contributed by atoms with van der Waals surface area (Å²) in [7, 11) is 3.37. The van der Waals surface area contributed by atoms with Crippen LogP contribution in [0.3, 0.4) is 0 Å². The molecule has 1 radical (unpaired) electrons. The lowest BCUT2D eigenvalue weighted by Gasteiger charge is -2.13. The van der Waals surface area contributed by atoms with Crippen molar-refractivity contribution in [3.05, 3.63) is 7.05 Å². The van der Waals surface area contributed by atoms with E-state index in [1.54, 1.807) is 11.8 Å². The molecule has 0 spiro atoms. The third-order valence-corrected chi connectivity index (χ3v) is 2.09. The predicted octanol–water partition coefficient (Wildman–Crippen LogP) is 1.99. The van der Waals surface area contributed by atoms with Crippen molar-refractivity contribution in [2.45, 2.75) is 18.6 Å². The fraction of sp³-hybridized carbons (Fsp3) is 0.667. The Morgan fingerprint density at radius 3 is 2.25 bits per heavy atom. The fourth-order valence-electron chi connectivity index (χ4n) is 0.273. The summed E-state index contributed by atoms with van der Waals surface area (Å²) >= 11 is 1.76. The van der Waals surface area contributed by atoms with Crippen LogP contribution in [0, 0.1) is 7.05 Å². The Morgan fingerprint density at radius 1 is 1.62 bits per heavy atom. The Balaban J connectivity index is 3.71. The van der Waals surface area contributed by atoms with Gasteiger partial charge in [0.15, 0.2) is 0 Å². The van der Waals surface area contributed by atoms with Crippen LogP contribution in [0.15, 0.2) is 4.99 Å². The summed E-state index contributed by atoms with van der Waals surface area (Å²) < 4.78 is 0.155. The highest BCUT2D eigenvalue weighted by atomic mass is 32.2. The van der Waals surface area contributed by atoms with Crippen molar-refractivity contribution in [1.29, 1.82) is 0 Å². The molecular formula is C6H12NS. The summed E-state index contributed by atoms with van der Waals surface area (Å²) in [5.74, 6) is 0. The van der Waals surface area contributed by atoms with Crippen molar-refractivity contribution < 1.29 is 0 Å². The van der Waals surface area contributed by atoms with Gasteiger partial charge in [-0.25, -0.2) is 0 Å². The third kappa shape index (κ3) is 3.08. The average Bonchev–Trinajstić information content (AvgIpc) is 1.67. The van der Waals surface area contributed by atoms with Crippen molar-refractivity contribution in [3.63, 3.8) is 0 Å². The van der Waals surface area contributed by atoms with Crippen LogP contribution in [0.2, 0.25) is 0 Å². The van der Waals surface area contributed by atoms with Gasteiger partial charge in [-0.05, 0) is 20.1 Å². The minimum atomic E-state index is 0.155. The number of hydrogen-bond acceptors (Lipinski definition) is 2. The largest absolute Gasteiger partial charge is 0.294 e. The number of aliphatic imine (C=N–C) groups is 1. The summed E-state index contributed by atoms with van der Waals surface area (Å²) in [6.07, 6.45) is 3.90. The normalized spacial score (nSPS) is 13.0. The third-order valence-electron chi connectivity index (χ3n) is 0.928. The molecule has 0 bridgehead atoms. The van der Waals surface area contributed by atoms with E-state index in [2.05, 4.69) is 32.1 Å². The Hall–Kier alpha value is 0.0200. The average molecular weight is 130 g/mol. The van der Waals surface area contributed by atoms with E-state index in [0.29, 0.717) is 0 Å². The Bertz CT molecular complexity index is 86.5. The standard InChI is InChI=1S/C6H12NS/c1-6(2,8-4)5-7-3/h5H,3H2,1-2,4H3/b7-5+. The molecule has 0 amide bonds. The number of thioether (sulfide) groups is 1. The van der Waals surface area contributed by atoms with Crippen LogP contribution in [0.1, 0.15) is 13.8 Å². The smallest absolute Gasteiger partial charge is 0.0581 e. The van der Waals surface area contributed by atoms with Crippen LogP contribution in [0.25, 0.3) is 0 Å². The molecule has 2 heteroatoms. The first-order chi connectivity index (χ1) is 3.62. The second kappa shape index (κ2) is 3.13. The summed E-state index contributed by atoms with van der Waals surface area (Å²) in [5.41, 5.74) is 0. The van der Waals surface area contributed by atoms with E-state index in [0.717, 1.165) is 0 Å². The SMILES string of the molecule is [CH2]/N=C/C(C)(C)SC. The topological polar surface area (TPSA) is 12.4 Å². The van der Waals surface area contributed by atoms with Gasteiger partial charge < -0.3 is 0 Å². The van der Waals surface area contributed by atoms with Crippen LogP contribution in [-0.2, 0) is 0 Å². The van der Waals surface area contributed by atoms with Crippen LogP contribution in [0.5, 0.6) is 0 Å². The van der Waals surface area contributed by atoms with E-state index >= 15 is 0 Å². The van der Waals surface area contributed by atoms with Crippen LogP contribution in [-0.4, -0.2) is 17.2 Å². The van der Waals surface area contributed by atoms with Crippen molar-refractivity contribution >= 4 is 18.0 Å². The molecule has 0 aliphatic rings. The molecule has 0 unspecified atom stereocenters. The monoisotopic (exact) mass is 130 g/mol. The number of nitrogens with zero attached hydrogens (tertiary/aromatic N) is 1. The van der Waals surface area contributed by atoms with Crippen LogP contribution < -0.4 is 0 Å². The molecule has 0 saturated heterocycles. The molecule has 0 N–H and O–H groups in total. The highest BCUT2D eigenvalue weighted by molar-refractivity contribution is 8.00. The Morgan fingerprint density at radius 2 is 2.12 bits per heavy atom. The Kier molecular flexibility index (Phi) is 3.13. The van der Waals surface area contributed by atoms with Gasteiger partial charge in [0.25, 0.3) is 0 Å². The van der Waals surface area contributed by atoms with Gasteiger partial charge in [-0.1, -0.05) is 0 Å². The highest BCUT2D eigenvalue weighted by Gasteiger charge is 2.10. The van der Waals surface area contributed by atoms with Crippen molar-refractivity contribution in [2.24, 2.45) is 4.99 Å². The zero-order chi connectivity index (χ0) is 6.62. The van der Waals surface area contributed by atoms with E-state index in [1.807, 2.05) is 6.21 Å². The first kappa shape index (κ1) is 8.02. The van der Waals surface area contributed by atoms with Gasteiger partial charge in [0.1, 0.15) is 0 Å². The van der Waals surface area contributed by atoms with Gasteiger partial charge in [0.2, 0.25) is 0 Å². The maximum Gasteiger partial charge on any atom is 0.0581 e. The molecule has 8 heavy (non-hydrogen) atoms. The first-order valence-electron chi connectivity index (χ1n) is 2.48. The molecule has 0 saturated carbocycles. The van der Waals surface area contributed by atoms with Gasteiger partial charge in [0.05, 0.1) is 7.05 Å². The number of hydrogen-bond donors (Lipinski definition) is 0. The van der Waals surface area contributed by atoms with E-state index in [1.165, 1.54) is 0 Å². The molecule has 0 aliphatic carbocycles. The molecular weight excluding hydrogens is 118 g/mol. The minimum absolute atomic E-state index is 0.155. The fourth-order valence-corrected chi connectivity index (χ4v) is 0.452. The predicted molar refractivity (Wildman–Crippen MR) is 41.4 cm³/mol. The van der Waals surface area contributed by atoms with Crippen molar-refractivity contribution in [2.75, 3.05) is 6.26 Å². The molecule has 0 aromatic carbocycles. The van der Waals surface area contributed by atoms with Crippen molar-refractivity contribution in [1.82, 2.24) is 0 Å². The quantitative estimate of drug-likeness (QED) is 0.521. The van der Waals surface area contributed by atoms with Crippen molar-refractivity contribution in [3.8, 4) is 0 Å². The van der Waals surface area contributed by atoms with Gasteiger partial charge in [0, 0.05) is 11.0 Å². The summed E-state index contributed by atoms with van der Waals surface area (Å²) in [5, 5.41) is 0. The Labute approximate surface area is 55.6 Å². The van der Waals surface area contributed by atoms with E-state index in [-0.39, 0.29) is 4.75 Å². The van der Waals surface area contributed by atoms with Gasteiger partial charge in [-0.3, -0.25) is 4.99 Å². The lowest BCUT2D eigenvalue weighted by Crippen LogP contribution is -2.14. The molecule has 0 rings (SSSR count). The molecule has 47 valence electrons. The lowest BCUT2D eigenvalue weighted by atomic mass is 10.2. The molecule has 0 atom stereocenters. The van der Waals surface area contributed by atoms with Crippen LogP contribution in [0.4, 0.5) is 0 Å². The molecule has 0 heterocycles. The van der Waals surface area contributed by atoms with Gasteiger partial charge in [-0.15, -0.1) is 0 Å². The van der Waals surface area contributed by atoms with Crippen LogP contribution >= 0.6 is 11.8 Å². The zero-order valence-electron chi connectivity index (χ0n) is 5.64. The van der Waals surface area contributed by atoms with Gasteiger partial charge in [-0.2, -0.15) is 11.8 Å². The lowest BCUT2D eigenvalue weighted by molar-refractivity contribution is 0.976. The highest BCUT2D eigenvalue weighted by Crippen LogP contribution is 2.17. The van der Waals surface area contributed by atoms with E-state index < -0.39 is 0 Å². The number of rotatable bonds is 2. The second-order valence-electron chi connectivity index (χ2n) is 2.12. The van der Waals surface area contributed by atoms with E-state index in [4.69, 9.17) is 0 Å². The molecule has 0 fully saturated rings. The molecule has 0 aromatic heterocycles. The summed E-state index contributed by atoms with van der Waals surface area (Å²) in [4.78, 5) is 3.68. The van der Waals surface area contributed by atoms with E-state index in [9.17, 15) is 0 Å². The zero-order valence-corrected chi connectivity index (χ0v) is 6.46. The summed E-state index contributed by atoms with van der Waals surface area (Å²) in [6, 6.07) is 0. The maximum absolute atomic E-state index is 3.68. The molecule has 0 aliphatic heterocycles. The maximum atomic E-state index is 3.68. The molecule has 0 aromatic rings.